The van der Waals surface area contributed by atoms with Crippen LogP contribution in [0.4, 0.5) is 4.79 Å². The van der Waals surface area contributed by atoms with Gasteiger partial charge in [0.05, 0.1) is 18.4 Å². The highest BCUT2D eigenvalue weighted by Gasteiger charge is 2.60. The number of aliphatic hydroxyl groups excluding tert-OH is 3. The lowest BCUT2D eigenvalue weighted by molar-refractivity contribution is -0.373. The van der Waals surface area contributed by atoms with Crippen molar-refractivity contribution in [2.24, 2.45) is 5.29 Å². The van der Waals surface area contributed by atoms with Crippen molar-refractivity contribution in [1.29, 1.82) is 0 Å². The molecule has 1 fully saturated rings. The van der Waals surface area contributed by atoms with Gasteiger partial charge in [-0.1, -0.05) is 26.7 Å². The second-order valence-electron chi connectivity index (χ2n) is 6.81. The molecule has 1 heterocycles. The van der Waals surface area contributed by atoms with Gasteiger partial charge in [-0.3, -0.25) is 4.90 Å². The van der Waals surface area contributed by atoms with Crippen LogP contribution in [0.3, 0.4) is 0 Å². The maximum atomic E-state index is 12.9. The number of halogens is 1. The van der Waals surface area contributed by atoms with Crippen molar-refractivity contribution < 1.29 is 34.7 Å². The van der Waals surface area contributed by atoms with E-state index in [4.69, 9.17) is 21.1 Å². The van der Waals surface area contributed by atoms with Crippen LogP contribution >= 0.6 is 11.6 Å². The molecule has 29 heavy (non-hydrogen) atoms. The molecule has 0 aromatic carbocycles. The summed E-state index contributed by atoms with van der Waals surface area (Å²) >= 11 is 5.61. The Morgan fingerprint density at radius 3 is 2.41 bits per heavy atom. The first kappa shape index (κ1) is 26.0. The summed E-state index contributed by atoms with van der Waals surface area (Å²) in [6.07, 6.45) is -4.03. The van der Waals surface area contributed by atoms with Gasteiger partial charge in [-0.05, 0) is 12.8 Å². The molecule has 5 atom stereocenters. The lowest BCUT2D eigenvalue weighted by atomic mass is 9.91. The zero-order chi connectivity index (χ0) is 22.0. The Kier molecular flexibility index (Phi) is 11.3. The molecule has 1 rings (SSSR count). The summed E-state index contributed by atoms with van der Waals surface area (Å²) in [4.78, 5) is 24.9. The van der Waals surface area contributed by atoms with E-state index in [1.807, 2.05) is 13.8 Å². The van der Waals surface area contributed by atoms with Gasteiger partial charge < -0.3 is 29.9 Å². The third-order valence-electron chi connectivity index (χ3n) is 4.75. The van der Waals surface area contributed by atoms with E-state index in [1.54, 1.807) is 0 Å². The number of carbonyl (C=O) groups is 1. The number of aliphatic hydroxyl groups is 4. The van der Waals surface area contributed by atoms with Gasteiger partial charge in [-0.25, -0.2) is 4.79 Å². The van der Waals surface area contributed by atoms with Gasteiger partial charge in [0.2, 0.25) is 12.0 Å². The Hall–Kier alpha value is -1.08. The molecule has 0 unspecified atom stereocenters. The molecule has 4 N–H and O–H groups in total. The molecule has 0 aromatic rings. The van der Waals surface area contributed by atoms with Gasteiger partial charge in [0.25, 0.3) is 0 Å². The minimum absolute atomic E-state index is 0.0787. The summed E-state index contributed by atoms with van der Waals surface area (Å²) in [5.41, 5.74) is -2.53. The maximum absolute atomic E-state index is 12.9. The molecule has 1 aliphatic heterocycles. The number of nitrogens with zero attached hydrogens (tertiary/aromatic N) is 3. The fourth-order valence-electron chi connectivity index (χ4n) is 3.00. The molecule has 0 bridgehead atoms. The van der Waals surface area contributed by atoms with Gasteiger partial charge in [0, 0.05) is 19.0 Å². The third kappa shape index (κ3) is 5.97. The first-order valence-electron chi connectivity index (χ1n) is 9.78. The molecule has 0 radical (unpaired) electrons. The number of rotatable bonds is 12. The van der Waals surface area contributed by atoms with Crippen molar-refractivity contribution in [3.05, 3.63) is 4.91 Å². The van der Waals surface area contributed by atoms with Crippen LogP contribution in [-0.4, -0.2) is 98.9 Å². The Morgan fingerprint density at radius 2 is 1.90 bits per heavy atom. The number of hydrogen-bond donors (Lipinski definition) is 4. The average molecular weight is 442 g/mol. The molecule has 0 aromatic heterocycles. The van der Waals surface area contributed by atoms with Crippen LogP contribution in [0, 0.1) is 4.91 Å². The van der Waals surface area contributed by atoms with Gasteiger partial charge in [0.1, 0.15) is 18.3 Å². The van der Waals surface area contributed by atoms with Gasteiger partial charge in [-0.2, -0.15) is 5.01 Å². The molecular formula is C17H32ClN3O8. The molecule has 11 nitrogen and oxygen atoms in total. The Bertz CT molecular complexity index is 517. The predicted molar refractivity (Wildman–Crippen MR) is 104 cm³/mol. The number of hydrogen-bond acceptors (Lipinski definition) is 9. The van der Waals surface area contributed by atoms with Gasteiger partial charge in [0.15, 0.2) is 0 Å². The average Bonchev–Trinajstić information content (AvgIpc) is 2.72. The minimum Gasteiger partial charge on any atom is -0.394 e. The van der Waals surface area contributed by atoms with Crippen molar-refractivity contribution >= 4 is 17.6 Å². The van der Waals surface area contributed by atoms with Crippen LogP contribution < -0.4 is 0 Å². The second-order valence-corrected chi connectivity index (χ2v) is 7.19. The number of alkyl halides is 1. The number of urea groups is 1. The van der Waals surface area contributed by atoms with Crippen molar-refractivity contribution in [2.75, 3.05) is 32.2 Å². The zero-order valence-electron chi connectivity index (χ0n) is 16.8. The van der Waals surface area contributed by atoms with Crippen molar-refractivity contribution in [3.63, 3.8) is 0 Å². The quantitative estimate of drug-likeness (QED) is 0.111. The van der Waals surface area contributed by atoms with Crippen molar-refractivity contribution in [2.45, 2.75) is 69.9 Å². The van der Waals surface area contributed by atoms with E-state index in [2.05, 4.69) is 5.29 Å². The van der Waals surface area contributed by atoms with E-state index in [0.29, 0.717) is 24.3 Å². The topological polar surface area (TPSA) is 152 Å². The summed E-state index contributed by atoms with van der Waals surface area (Å²) in [6.45, 7) is 2.97. The van der Waals surface area contributed by atoms with E-state index >= 15 is 0 Å². The zero-order valence-corrected chi connectivity index (χ0v) is 17.6. The van der Waals surface area contributed by atoms with Gasteiger partial charge >= 0.3 is 6.03 Å². The second kappa shape index (κ2) is 12.6. The molecular weight excluding hydrogens is 410 g/mol. The Morgan fingerprint density at radius 1 is 1.24 bits per heavy atom. The number of carbonyl (C=O) groups excluding carboxylic acids is 1. The number of nitroso groups, excluding NO2 is 1. The number of ether oxygens (including phenoxy) is 2. The third-order valence-corrected chi connectivity index (χ3v) is 4.92. The van der Waals surface area contributed by atoms with Crippen molar-refractivity contribution in [3.8, 4) is 0 Å². The standard InChI is InChI=1S/C17H32ClN3O8/c1-3-5-8-20(16(25)21(19-27)9-7-18)17(26)14(24)13(23)12(11-22)29-15(17)28-10-6-4-2/h12-15,22-24,26H,3-11H2,1-2H3/t12-,13-,14+,15+,17+/m1/s1. The summed E-state index contributed by atoms with van der Waals surface area (Å²) in [6, 6.07) is -1.02. The van der Waals surface area contributed by atoms with Gasteiger partial charge in [-0.15, -0.1) is 16.5 Å². The highest BCUT2D eigenvalue weighted by Crippen LogP contribution is 2.35. The van der Waals surface area contributed by atoms with E-state index < -0.39 is 43.0 Å². The predicted octanol–water partition coefficient (Wildman–Crippen LogP) is 0.375. The van der Waals surface area contributed by atoms with E-state index in [9.17, 15) is 30.1 Å². The van der Waals surface area contributed by atoms with Crippen LogP contribution in [0.5, 0.6) is 0 Å². The summed E-state index contributed by atoms with van der Waals surface area (Å²) in [5.74, 6) is -0.0811. The van der Waals surface area contributed by atoms with E-state index in [1.165, 1.54) is 0 Å². The maximum Gasteiger partial charge on any atom is 0.345 e. The monoisotopic (exact) mass is 441 g/mol. The molecule has 2 amide bonds. The van der Waals surface area contributed by atoms with E-state index in [0.717, 1.165) is 11.3 Å². The van der Waals surface area contributed by atoms with Crippen molar-refractivity contribution in [1.82, 2.24) is 9.91 Å². The number of amides is 2. The van der Waals surface area contributed by atoms with Crippen LogP contribution in [0.1, 0.15) is 39.5 Å². The van der Waals surface area contributed by atoms with Crippen LogP contribution in [0.25, 0.3) is 0 Å². The number of unbranched alkanes of at least 4 members (excludes halogenated alkanes) is 2. The summed E-state index contributed by atoms with van der Waals surface area (Å²) in [5, 5.41) is 45.0. The molecule has 12 heteroatoms. The largest absolute Gasteiger partial charge is 0.394 e. The summed E-state index contributed by atoms with van der Waals surface area (Å²) in [7, 11) is 0. The minimum atomic E-state index is -2.53. The SMILES string of the molecule is CCCCO[C@H]1O[C@H](CO)[C@@H](O)[C@H](O)[C@@]1(O)N(CCCC)C(=O)N(CCCl)N=O. The molecule has 0 spiro atoms. The Balaban J connectivity index is 3.34. The molecule has 1 aliphatic rings. The van der Waals surface area contributed by atoms with Crippen LogP contribution in [-0.2, 0) is 9.47 Å². The Labute approximate surface area is 175 Å². The normalized spacial score (nSPS) is 29.5. The molecule has 170 valence electrons. The first-order chi connectivity index (χ1) is 13.8. The fourth-order valence-corrected chi connectivity index (χ4v) is 3.16. The fraction of sp³-hybridized carbons (Fsp3) is 0.941. The first-order valence-corrected chi connectivity index (χ1v) is 10.3. The lowest BCUT2D eigenvalue weighted by Gasteiger charge is -2.52. The summed E-state index contributed by atoms with van der Waals surface area (Å²) < 4.78 is 11.1. The lowest BCUT2D eigenvalue weighted by Crippen LogP contribution is -2.75. The smallest absolute Gasteiger partial charge is 0.345 e. The van der Waals surface area contributed by atoms with Crippen LogP contribution in [0.2, 0.25) is 0 Å². The molecule has 0 aliphatic carbocycles. The highest BCUT2D eigenvalue weighted by molar-refractivity contribution is 6.18. The highest BCUT2D eigenvalue weighted by atomic mass is 35.5. The van der Waals surface area contributed by atoms with E-state index in [-0.39, 0.29) is 25.6 Å². The van der Waals surface area contributed by atoms with Crippen LogP contribution in [0.15, 0.2) is 5.29 Å². The molecule has 0 saturated carbocycles. The molecule has 1 saturated heterocycles.